The number of rotatable bonds is 2. The molecule has 0 aliphatic heterocycles. The second-order valence-corrected chi connectivity index (χ2v) is 5.28. The normalized spacial score (nSPS) is 16.4. The highest BCUT2D eigenvalue weighted by Gasteiger charge is 2.20. The Hall–Kier alpha value is -0.960. The Kier molecular flexibility index (Phi) is 3.77. The Labute approximate surface area is 110 Å². The third-order valence-corrected chi connectivity index (χ3v) is 3.21. The van der Waals surface area contributed by atoms with Gasteiger partial charge >= 0.3 is 0 Å². The third kappa shape index (κ3) is 2.65. The summed E-state index contributed by atoms with van der Waals surface area (Å²) >= 11 is 3.37. The number of halogens is 2. The first-order valence-corrected chi connectivity index (χ1v) is 6.43. The van der Waals surface area contributed by atoms with E-state index < -0.39 is 0 Å². The molecule has 1 aromatic heterocycles. The summed E-state index contributed by atoms with van der Waals surface area (Å²) in [5.41, 5.74) is 2.57. The average molecular weight is 295 g/mol. The molecule has 0 fully saturated rings. The highest BCUT2D eigenvalue weighted by molar-refractivity contribution is 9.10. The molecular weight excluding hydrogens is 281 g/mol. The van der Waals surface area contributed by atoms with Crippen molar-refractivity contribution in [2.45, 2.75) is 20.3 Å². The molecule has 0 N–H and O–H groups in total. The van der Waals surface area contributed by atoms with Gasteiger partial charge in [-0.1, -0.05) is 19.4 Å². The number of pyridine rings is 1. The zero-order valence-corrected chi connectivity index (χ0v) is 11.5. The van der Waals surface area contributed by atoms with E-state index in [1.54, 1.807) is 18.5 Å². The maximum absolute atomic E-state index is 14.0. The molecule has 0 bridgehead atoms. The molecule has 0 spiro atoms. The molecule has 0 atom stereocenters. The summed E-state index contributed by atoms with van der Waals surface area (Å²) in [7, 11) is 0. The van der Waals surface area contributed by atoms with Crippen LogP contribution in [0, 0.1) is 12.3 Å². The van der Waals surface area contributed by atoms with Gasteiger partial charge in [-0.2, -0.15) is 0 Å². The van der Waals surface area contributed by atoms with Crippen LogP contribution in [0.2, 0.25) is 0 Å². The van der Waals surface area contributed by atoms with Crippen molar-refractivity contribution in [3.63, 3.8) is 0 Å². The summed E-state index contributed by atoms with van der Waals surface area (Å²) in [6, 6.07) is 1.90. The molecule has 0 saturated carbocycles. The number of aromatic nitrogens is 1. The smallest absolute Gasteiger partial charge is 0.127 e. The lowest BCUT2D eigenvalue weighted by Crippen LogP contribution is -2.05. The van der Waals surface area contributed by atoms with Gasteiger partial charge in [-0.05, 0) is 46.8 Å². The minimum absolute atomic E-state index is 0.142. The van der Waals surface area contributed by atoms with E-state index in [4.69, 9.17) is 0 Å². The second-order valence-electron chi connectivity index (χ2n) is 4.37. The third-order valence-electron chi connectivity index (χ3n) is 2.78. The van der Waals surface area contributed by atoms with Gasteiger partial charge in [0, 0.05) is 28.0 Å². The maximum atomic E-state index is 14.0. The van der Waals surface area contributed by atoms with Crippen molar-refractivity contribution in [1.82, 2.24) is 4.98 Å². The van der Waals surface area contributed by atoms with Crippen LogP contribution in [-0.4, -0.2) is 4.98 Å². The van der Waals surface area contributed by atoms with Crippen LogP contribution in [0.15, 0.2) is 40.4 Å². The van der Waals surface area contributed by atoms with Crippen LogP contribution in [0.3, 0.4) is 0 Å². The summed E-state index contributed by atoms with van der Waals surface area (Å²) < 4.78 is 14.9. The van der Waals surface area contributed by atoms with Gasteiger partial charge in [0.15, 0.2) is 0 Å². The lowest BCUT2D eigenvalue weighted by Gasteiger charge is -2.20. The fourth-order valence-corrected chi connectivity index (χ4v) is 2.37. The summed E-state index contributed by atoms with van der Waals surface area (Å²) in [6.45, 7) is 4.16. The molecule has 1 heterocycles. The molecule has 2 rings (SSSR count). The molecule has 0 aromatic carbocycles. The Morgan fingerprint density at radius 1 is 1.35 bits per heavy atom. The van der Waals surface area contributed by atoms with Gasteiger partial charge in [0.1, 0.15) is 5.83 Å². The fourth-order valence-electron chi connectivity index (χ4n) is 2.01. The monoisotopic (exact) mass is 294 g/mol. The first-order chi connectivity index (χ1) is 8.09. The van der Waals surface area contributed by atoms with Crippen LogP contribution in [0.4, 0.5) is 4.39 Å². The van der Waals surface area contributed by atoms with Crippen molar-refractivity contribution in [2.75, 3.05) is 0 Å². The first-order valence-electron chi connectivity index (χ1n) is 5.64. The molecule has 1 nitrogen and oxygen atoms in total. The van der Waals surface area contributed by atoms with Crippen LogP contribution < -0.4 is 0 Å². The fraction of sp³-hybridized carbons (Fsp3) is 0.286. The van der Waals surface area contributed by atoms with Crippen molar-refractivity contribution in [2.24, 2.45) is 5.92 Å². The van der Waals surface area contributed by atoms with Crippen LogP contribution in [0.25, 0.3) is 5.57 Å². The minimum Gasteiger partial charge on any atom is -0.263 e. The highest BCUT2D eigenvalue weighted by Crippen LogP contribution is 2.37. The number of allylic oxidation sites excluding steroid dienone is 4. The van der Waals surface area contributed by atoms with Crippen LogP contribution in [0.1, 0.15) is 25.8 Å². The molecule has 0 amide bonds. The predicted molar refractivity (Wildman–Crippen MR) is 71.8 cm³/mol. The van der Waals surface area contributed by atoms with Gasteiger partial charge in [-0.15, -0.1) is 0 Å². The lowest BCUT2D eigenvalue weighted by molar-refractivity contribution is 0.653. The number of nitrogens with zero attached hydrogens (tertiary/aromatic N) is 1. The molecule has 89 valence electrons. The van der Waals surface area contributed by atoms with Crippen LogP contribution in [0.5, 0.6) is 0 Å². The van der Waals surface area contributed by atoms with Gasteiger partial charge in [0.2, 0.25) is 0 Å². The van der Waals surface area contributed by atoms with Crippen molar-refractivity contribution in [3.8, 4) is 0 Å². The van der Waals surface area contributed by atoms with Gasteiger partial charge in [0.25, 0.3) is 0 Å². The van der Waals surface area contributed by atoms with Gasteiger partial charge in [0.05, 0.1) is 0 Å². The average Bonchev–Trinajstić information content (AvgIpc) is 2.28. The zero-order valence-electron chi connectivity index (χ0n) is 9.87. The van der Waals surface area contributed by atoms with Crippen LogP contribution >= 0.6 is 15.9 Å². The zero-order chi connectivity index (χ0) is 12.4. The molecule has 1 aromatic rings. The Morgan fingerprint density at radius 2 is 2.12 bits per heavy atom. The summed E-state index contributed by atoms with van der Waals surface area (Å²) in [5.74, 6) is 0.166. The van der Waals surface area contributed by atoms with Crippen molar-refractivity contribution in [3.05, 3.63) is 52.4 Å². The van der Waals surface area contributed by atoms with Crippen molar-refractivity contribution >= 4 is 21.5 Å². The quantitative estimate of drug-likeness (QED) is 0.769. The molecule has 1 aliphatic rings. The SMILES string of the molecule is CC(C)C1=C(c2cncc(Br)c2)C(F)=CC[CH]1. The van der Waals surface area contributed by atoms with E-state index in [-0.39, 0.29) is 5.83 Å². The summed E-state index contributed by atoms with van der Waals surface area (Å²) in [4.78, 5) is 4.10. The van der Waals surface area contributed by atoms with Gasteiger partial charge < -0.3 is 0 Å². The van der Waals surface area contributed by atoms with Crippen LogP contribution in [-0.2, 0) is 0 Å². The summed E-state index contributed by atoms with van der Waals surface area (Å²) in [5, 5.41) is 0. The van der Waals surface area contributed by atoms with E-state index in [1.807, 2.05) is 6.07 Å². The number of hydrogen-bond donors (Lipinski definition) is 0. The minimum atomic E-state index is -0.142. The molecule has 17 heavy (non-hydrogen) atoms. The standard InChI is InChI=1S/C14H14BrFN/c1-9(2)12-4-3-5-13(16)14(12)10-6-11(15)8-17-7-10/h4-9H,3H2,1-2H3. The molecule has 1 aliphatic carbocycles. The lowest BCUT2D eigenvalue weighted by atomic mass is 9.86. The highest BCUT2D eigenvalue weighted by atomic mass is 79.9. The maximum Gasteiger partial charge on any atom is 0.127 e. The van der Waals surface area contributed by atoms with Gasteiger partial charge in [-0.3, -0.25) is 4.98 Å². The number of hydrogen-bond acceptors (Lipinski definition) is 1. The Bertz CT molecular complexity index is 489. The van der Waals surface area contributed by atoms with E-state index in [2.05, 4.69) is 41.2 Å². The first kappa shape index (κ1) is 12.5. The molecular formula is C14H14BrFN. The van der Waals surface area contributed by atoms with Crippen molar-refractivity contribution in [1.29, 1.82) is 0 Å². The Balaban J connectivity index is 2.56. The Morgan fingerprint density at radius 3 is 2.76 bits per heavy atom. The predicted octanol–water partition coefficient (Wildman–Crippen LogP) is 4.72. The van der Waals surface area contributed by atoms with E-state index in [0.717, 1.165) is 15.6 Å². The van der Waals surface area contributed by atoms with E-state index >= 15 is 0 Å². The van der Waals surface area contributed by atoms with E-state index in [1.165, 1.54) is 0 Å². The molecule has 0 unspecified atom stereocenters. The molecule has 3 heteroatoms. The topological polar surface area (TPSA) is 12.9 Å². The van der Waals surface area contributed by atoms with E-state index in [9.17, 15) is 4.39 Å². The van der Waals surface area contributed by atoms with E-state index in [0.29, 0.717) is 17.9 Å². The largest absolute Gasteiger partial charge is 0.263 e. The summed E-state index contributed by atoms with van der Waals surface area (Å²) in [6.07, 6.45) is 7.78. The second kappa shape index (κ2) is 5.13. The van der Waals surface area contributed by atoms with Gasteiger partial charge in [-0.25, -0.2) is 4.39 Å². The molecule has 0 saturated heterocycles. The molecule has 1 radical (unpaired) electrons. The van der Waals surface area contributed by atoms with Crippen molar-refractivity contribution < 1.29 is 4.39 Å².